The average molecular weight is 249 g/mol. The highest BCUT2D eigenvalue weighted by Crippen LogP contribution is 2.23. The molecule has 2 aromatic rings. The van der Waals surface area contributed by atoms with Crippen LogP contribution in [-0.2, 0) is 11.2 Å². The van der Waals surface area contributed by atoms with Crippen LogP contribution in [0.2, 0.25) is 0 Å². The number of rotatable bonds is 3. The van der Waals surface area contributed by atoms with Crippen LogP contribution in [0.5, 0.6) is 0 Å². The van der Waals surface area contributed by atoms with E-state index in [1.807, 2.05) is 0 Å². The van der Waals surface area contributed by atoms with Crippen LogP contribution < -0.4 is 0 Å². The predicted octanol–water partition coefficient (Wildman–Crippen LogP) is 2.65. The van der Waals surface area contributed by atoms with E-state index in [4.69, 9.17) is 5.11 Å². The van der Waals surface area contributed by atoms with Crippen molar-refractivity contribution in [3.05, 3.63) is 53.7 Å². The van der Waals surface area contributed by atoms with E-state index in [2.05, 4.69) is 4.98 Å². The first-order chi connectivity index (χ1) is 8.58. The van der Waals surface area contributed by atoms with E-state index < -0.39 is 24.0 Å². The van der Waals surface area contributed by atoms with Gasteiger partial charge in [-0.2, -0.15) is 0 Å². The molecule has 0 aliphatic heterocycles. The third-order valence-corrected chi connectivity index (χ3v) is 2.41. The van der Waals surface area contributed by atoms with Crippen molar-refractivity contribution in [3.8, 4) is 11.3 Å². The number of benzene rings is 1. The van der Waals surface area contributed by atoms with Gasteiger partial charge in [-0.1, -0.05) is 12.1 Å². The molecular weight excluding hydrogens is 240 g/mol. The Balaban J connectivity index is 2.49. The van der Waals surface area contributed by atoms with Gasteiger partial charge in [0.05, 0.1) is 6.42 Å². The molecule has 0 unspecified atom stereocenters. The van der Waals surface area contributed by atoms with Crippen LogP contribution in [0, 0.1) is 11.6 Å². The summed E-state index contributed by atoms with van der Waals surface area (Å²) in [6.45, 7) is 0. The minimum Gasteiger partial charge on any atom is -0.481 e. The maximum atomic E-state index is 14.0. The summed E-state index contributed by atoms with van der Waals surface area (Å²) in [5.41, 5.74) is 0.254. The van der Waals surface area contributed by atoms with Crippen LogP contribution in [0.3, 0.4) is 0 Å². The Labute approximate surface area is 102 Å². The molecule has 0 aliphatic carbocycles. The summed E-state index contributed by atoms with van der Waals surface area (Å²) in [5.74, 6) is -2.37. The molecule has 1 aromatic carbocycles. The second kappa shape index (κ2) is 4.91. The Morgan fingerprint density at radius 1 is 1.28 bits per heavy atom. The molecule has 0 bridgehead atoms. The third kappa shape index (κ3) is 2.51. The molecular formula is C13H9F2NO2. The molecule has 0 atom stereocenters. The summed E-state index contributed by atoms with van der Waals surface area (Å²) in [7, 11) is 0. The van der Waals surface area contributed by atoms with Crippen LogP contribution in [0.25, 0.3) is 11.3 Å². The first kappa shape index (κ1) is 12.2. The van der Waals surface area contributed by atoms with Gasteiger partial charge in [-0.25, -0.2) is 8.78 Å². The van der Waals surface area contributed by atoms with Gasteiger partial charge in [0.1, 0.15) is 11.5 Å². The fraction of sp³-hybridized carbons (Fsp3) is 0.0769. The Bertz CT molecular complexity index is 599. The molecule has 0 saturated carbocycles. The van der Waals surface area contributed by atoms with Crippen molar-refractivity contribution in [2.75, 3.05) is 0 Å². The zero-order valence-electron chi connectivity index (χ0n) is 9.23. The number of aliphatic carboxylic acids is 1. The standard InChI is InChI=1S/C13H9F2NO2/c14-10-3-1-2-9(6-10)13-12(15)8(4-5-16-13)7-11(17)18/h1-6H,7H2,(H,17,18). The lowest BCUT2D eigenvalue weighted by atomic mass is 10.1. The molecule has 0 fully saturated rings. The van der Waals surface area contributed by atoms with Crippen LogP contribution in [0.1, 0.15) is 5.56 Å². The molecule has 0 amide bonds. The van der Waals surface area contributed by atoms with Gasteiger partial charge in [-0.05, 0) is 18.2 Å². The molecule has 2 rings (SSSR count). The van der Waals surface area contributed by atoms with Crippen LogP contribution in [0.15, 0.2) is 36.5 Å². The SMILES string of the molecule is O=C(O)Cc1ccnc(-c2cccc(F)c2)c1F. The van der Waals surface area contributed by atoms with Crippen LogP contribution in [-0.4, -0.2) is 16.1 Å². The molecule has 0 spiro atoms. The van der Waals surface area contributed by atoms with Crippen molar-refractivity contribution in [1.29, 1.82) is 0 Å². The minimum absolute atomic E-state index is 0.0248. The summed E-state index contributed by atoms with van der Waals surface area (Å²) in [6, 6.07) is 6.64. The summed E-state index contributed by atoms with van der Waals surface area (Å²) < 4.78 is 27.1. The van der Waals surface area contributed by atoms with Crippen LogP contribution >= 0.6 is 0 Å². The molecule has 5 heteroatoms. The first-order valence-corrected chi connectivity index (χ1v) is 5.19. The maximum absolute atomic E-state index is 14.0. The lowest BCUT2D eigenvalue weighted by Crippen LogP contribution is -2.04. The van der Waals surface area contributed by atoms with Gasteiger partial charge < -0.3 is 5.11 Å². The lowest BCUT2D eigenvalue weighted by molar-refractivity contribution is -0.136. The van der Waals surface area contributed by atoms with Crippen LogP contribution in [0.4, 0.5) is 8.78 Å². The number of halogens is 2. The number of carbonyl (C=O) groups is 1. The molecule has 1 aromatic heterocycles. The van der Waals surface area contributed by atoms with Crippen molar-refractivity contribution in [1.82, 2.24) is 4.98 Å². The quantitative estimate of drug-likeness (QED) is 0.909. The average Bonchev–Trinajstić information content (AvgIpc) is 2.31. The molecule has 3 nitrogen and oxygen atoms in total. The Morgan fingerprint density at radius 2 is 2.06 bits per heavy atom. The number of carboxylic acid groups (broad SMARTS) is 1. The number of carboxylic acids is 1. The van der Waals surface area contributed by atoms with Gasteiger partial charge in [-0.15, -0.1) is 0 Å². The van der Waals surface area contributed by atoms with Crippen molar-refractivity contribution in [2.24, 2.45) is 0 Å². The normalized spacial score (nSPS) is 10.3. The zero-order valence-corrected chi connectivity index (χ0v) is 9.23. The topological polar surface area (TPSA) is 50.2 Å². The Hall–Kier alpha value is -2.30. The minimum atomic E-state index is -1.13. The maximum Gasteiger partial charge on any atom is 0.307 e. The first-order valence-electron chi connectivity index (χ1n) is 5.19. The monoisotopic (exact) mass is 249 g/mol. The van der Waals surface area contributed by atoms with Gasteiger partial charge in [0.2, 0.25) is 0 Å². The number of nitrogens with zero attached hydrogens (tertiary/aromatic N) is 1. The molecule has 1 N–H and O–H groups in total. The van der Waals surface area contributed by atoms with Gasteiger partial charge in [0, 0.05) is 17.3 Å². The highest BCUT2D eigenvalue weighted by Gasteiger charge is 2.13. The van der Waals surface area contributed by atoms with E-state index >= 15 is 0 Å². The molecule has 0 saturated heterocycles. The second-order valence-electron chi connectivity index (χ2n) is 3.71. The van der Waals surface area contributed by atoms with Crippen molar-refractivity contribution >= 4 is 5.97 Å². The van der Waals surface area contributed by atoms with E-state index in [-0.39, 0.29) is 16.8 Å². The highest BCUT2D eigenvalue weighted by atomic mass is 19.1. The zero-order chi connectivity index (χ0) is 13.1. The molecule has 0 radical (unpaired) electrons. The Morgan fingerprint density at radius 3 is 2.72 bits per heavy atom. The van der Waals surface area contributed by atoms with Gasteiger partial charge in [0.15, 0.2) is 5.82 Å². The van der Waals surface area contributed by atoms with E-state index in [1.165, 1.54) is 30.5 Å². The second-order valence-corrected chi connectivity index (χ2v) is 3.71. The van der Waals surface area contributed by atoms with E-state index in [1.54, 1.807) is 0 Å². The largest absolute Gasteiger partial charge is 0.481 e. The molecule has 0 aliphatic rings. The summed E-state index contributed by atoms with van der Waals surface area (Å²) in [6.07, 6.45) is 0.873. The fourth-order valence-corrected chi connectivity index (χ4v) is 1.62. The van der Waals surface area contributed by atoms with E-state index in [0.29, 0.717) is 0 Å². The summed E-state index contributed by atoms with van der Waals surface area (Å²) in [4.78, 5) is 14.4. The molecule has 92 valence electrons. The number of pyridine rings is 1. The van der Waals surface area contributed by atoms with Gasteiger partial charge in [0.25, 0.3) is 0 Å². The highest BCUT2D eigenvalue weighted by molar-refractivity contribution is 5.71. The third-order valence-electron chi connectivity index (χ3n) is 2.41. The Kier molecular flexibility index (Phi) is 3.32. The van der Waals surface area contributed by atoms with Crippen molar-refractivity contribution in [2.45, 2.75) is 6.42 Å². The number of hydrogen-bond donors (Lipinski definition) is 1. The van der Waals surface area contributed by atoms with Crippen molar-refractivity contribution < 1.29 is 18.7 Å². The van der Waals surface area contributed by atoms with Crippen molar-refractivity contribution in [3.63, 3.8) is 0 Å². The summed E-state index contributed by atoms with van der Waals surface area (Å²) >= 11 is 0. The fourth-order valence-electron chi connectivity index (χ4n) is 1.62. The number of aromatic nitrogens is 1. The van der Waals surface area contributed by atoms with Gasteiger partial charge in [-0.3, -0.25) is 9.78 Å². The lowest BCUT2D eigenvalue weighted by Gasteiger charge is -2.06. The smallest absolute Gasteiger partial charge is 0.307 e. The number of hydrogen-bond acceptors (Lipinski definition) is 2. The van der Waals surface area contributed by atoms with E-state index in [9.17, 15) is 13.6 Å². The van der Waals surface area contributed by atoms with E-state index in [0.717, 1.165) is 6.07 Å². The molecule has 18 heavy (non-hydrogen) atoms. The summed E-state index contributed by atoms with van der Waals surface area (Å²) in [5, 5.41) is 8.65. The molecule has 1 heterocycles. The van der Waals surface area contributed by atoms with Gasteiger partial charge >= 0.3 is 5.97 Å². The predicted molar refractivity (Wildman–Crippen MR) is 60.9 cm³/mol.